The second-order valence-corrected chi connectivity index (χ2v) is 10.6. The van der Waals surface area contributed by atoms with Crippen LogP contribution < -0.4 is 5.32 Å². The molecular weight excluding hydrogens is 294 g/mol. The largest absolute Gasteiger partial charge is 0.353 e. The molecule has 134 valence electrons. The van der Waals surface area contributed by atoms with Gasteiger partial charge in [-0.1, -0.05) is 25.5 Å². The van der Waals surface area contributed by atoms with Crippen LogP contribution in [0.2, 0.25) is 0 Å². The Kier molecular flexibility index (Phi) is 3.72. The zero-order valence-corrected chi connectivity index (χ0v) is 16.2. The average Bonchev–Trinajstić information content (AvgIpc) is 2.97. The molecule has 5 saturated carbocycles. The Hall–Kier alpha value is -0.790. The van der Waals surface area contributed by atoms with E-state index >= 15 is 0 Å². The number of nitrogens with one attached hydrogen (secondary N) is 1. The quantitative estimate of drug-likeness (QED) is 0.727. The second-order valence-electron chi connectivity index (χ2n) is 10.6. The molecule has 5 aliphatic carbocycles. The average molecular weight is 330 g/mol. The molecule has 4 bridgehead atoms. The van der Waals surface area contributed by atoms with Gasteiger partial charge in [0.05, 0.1) is 5.92 Å². The van der Waals surface area contributed by atoms with Crippen molar-refractivity contribution in [2.75, 3.05) is 0 Å². The summed E-state index contributed by atoms with van der Waals surface area (Å²) in [6.07, 6.45) is 10.8. The minimum atomic E-state index is 0.128. The summed E-state index contributed by atoms with van der Waals surface area (Å²) < 4.78 is 0. The van der Waals surface area contributed by atoms with E-state index in [1.165, 1.54) is 44.1 Å². The molecule has 0 aliphatic heterocycles. The maximum atomic E-state index is 13.0. The summed E-state index contributed by atoms with van der Waals surface area (Å²) in [5, 5.41) is 3.49. The fraction of sp³-hybridized carbons (Fsp3) is 0.864. The molecule has 2 heteroatoms. The maximum Gasteiger partial charge on any atom is 0.224 e. The van der Waals surface area contributed by atoms with Crippen LogP contribution in [0.3, 0.4) is 0 Å². The Labute approximate surface area is 147 Å². The molecule has 0 aromatic rings. The van der Waals surface area contributed by atoms with Gasteiger partial charge in [-0.05, 0) is 93.8 Å². The van der Waals surface area contributed by atoms with Gasteiger partial charge in [0.1, 0.15) is 0 Å². The second kappa shape index (κ2) is 5.35. The van der Waals surface area contributed by atoms with Crippen molar-refractivity contribution >= 4 is 5.91 Å². The SMILES string of the molecule is CC(C)=CC1C(C(=O)NC(C)C23CC4CC(CC(C4)C2)C3)C1(C)C. The number of hydrogen-bond acceptors (Lipinski definition) is 1. The van der Waals surface area contributed by atoms with Crippen molar-refractivity contribution < 1.29 is 4.79 Å². The molecule has 2 nitrogen and oxygen atoms in total. The Morgan fingerprint density at radius 3 is 2.00 bits per heavy atom. The number of carbonyl (C=O) groups excluding carboxylic acids is 1. The van der Waals surface area contributed by atoms with Crippen molar-refractivity contribution in [3.05, 3.63) is 11.6 Å². The minimum absolute atomic E-state index is 0.128. The number of allylic oxidation sites excluding steroid dienone is 2. The summed E-state index contributed by atoms with van der Waals surface area (Å²) in [4.78, 5) is 13.0. The molecule has 24 heavy (non-hydrogen) atoms. The molecule has 0 radical (unpaired) electrons. The lowest BCUT2D eigenvalue weighted by atomic mass is 9.48. The highest BCUT2D eigenvalue weighted by atomic mass is 16.2. The Morgan fingerprint density at radius 2 is 1.54 bits per heavy atom. The first-order valence-corrected chi connectivity index (χ1v) is 10.2. The van der Waals surface area contributed by atoms with Crippen molar-refractivity contribution in [3.63, 3.8) is 0 Å². The van der Waals surface area contributed by atoms with Gasteiger partial charge >= 0.3 is 0 Å². The van der Waals surface area contributed by atoms with Crippen LogP contribution in [-0.2, 0) is 4.79 Å². The van der Waals surface area contributed by atoms with Crippen molar-refractivity contribution in [2.45, 2.75) is 79.2 Å². The molecule has 3 atom stereocenters. The van der Waals surface area contributed by atoms with Crippen molar-refractivity contribution in [1.29, 1.82) is 0 Å². The van der Waals surface area contributed by atoms with Gasteiger partial charge in [0.2, 0.25) is 5.91 Å². The molecule has 5 rings (SSSR count). The Morgan fingerprint density at radius 1 is 1.04 bits per heavy atom. The van der Waals surface area contributed by atoms with Gasteiger partial charge < -0.3 is 5.32 Å². The van der Waals surface area contributed by atoms with Gasteiger partial charge in [-0.25, -0.2) is 0 Å². The zero-order valence-electron chi connectivity index (χ0n) is 16.2. The monoisotopic (exact) mass is 329 g/mol. The van der Waals surface area contributed by atoms with Gasteiger partial charge in [-0.3, -0.25) is 4.79 Å². The highest BCUT2D eigenvalue weighted by Crippen LogP contribution is 2.62. The molecule has 0 heterocycles. The third-order valence-electron chi connectivity index (χ3n) is 8.07. The van der Waals surface area contributed by atoms with Crippen LogP contribution in [0.25, 0.3) is 0 Å². The minimum Gasteiger partial charge on any atom is -0.353 e. The molecule has 5 aliphatic rings. The molecular formula is C22H35NO. The fourth-order valence-corrected chi connectivity index (χ4v) is 7.01. The Bertz CT molecular complexity index is 533. The first kappa shape index (κ1) is 16.7. The van der Waals surface area contributed by atoms with Gasteiger partial charge in [0.15, 0.2) is 0 Å². The van der Waals surface area contributed by atoms with E-state index in [1.807, 2.05) is 0 Å². The summed E-state index contributed by atoms with van der Waals surface area (Å²) in [5.74, 6) is 3.75. The van der Waals surface area contributed by atoms with Gasteiger partial charge in [0.25, 0.3) is 0 Å². The van der Waals surface area contributed by atoms with Crippen LogP contribution in [0, 0.1) is 40.4 Å². The predicted octanol–water partition coefficient (Wildman–Crippen LogP) is 4.95. The van der Waals surface area contributed by atoms with Gasteiger partial charge in [0, 0.05) is 6.04 Å². The van der Waals surface area contributed by atoms with Crippen LogP contribution >= 0.6 is 0 Å². The summed E-state index contributed by atoms with van der Waals surface area (Å²) >= 11 is 0. The fourth-order valence-electron chi connectivity index (χ4n) is 7.01. The lowest BCUT2D eigenvalue weighted by Gasteiger charge is -2.59. The van der Waals surface area contributed by atoms with E-state index < -0.39 is 0 Å². The molecule has 5 fully saturated rings. The molecule has 0 spiro atoms. The normalized spacial score (nSPS) is 45.6. The summed E-state index contributed by atoms with van der Waals surface area (Å²) in [6, 6.07) is 0.349. The summed E-state index contributed by atoms with van der Waals surface area (Å²) in [7, 11) is 0. The molecule has 0 saturated heterocycles. The van der Waals surface area contributed by atoms with Crippen molar-refractivity contribution in [2.24, 2.45) is 40.4 Å². The summed E-state index contributed by atoms with van der Waals surface area (Å²) in [6.45, 7) is 11.1. The van der Waals surface area contributed by atoms with Gasteiger partial charge in [-0.2, -0.15) is 0 Å². The van der Waals surface area contributed by atoms with Gasteiger partial charge in [-0.15, -0.1) is 0 Å². The summed E-state index contributed by atoms with van der Waals surface area (Å²) in [5.41, 5.74) is 1.87. The highest BCUT2D eigenvalue weighted by molar-refractivity contribution is 5.84. The van der Waals surface area contributed by atoms with E-state index in [9.17, 15) is 4.79 Å². The number of carbonyl (C=O) groups is 1. The number of rotatable bonds is 4. The van der Waals surface area contributed by atoms with E-state index in [0.29, 0.717) is 23.3 Å². The molecule has 1 N–H and O–H groups in total. The zero-order chi connectivity index (χ0) is 17.3. The molecule has 0 aromatic carbocycles. The maximum absolute atomic E-state index is 13.0. The first-order valence-electron chi connectivity index (χ1n) is 10.2. The van der Waals surface area contributed by atoms with Crippen molar-refractivity contribution in [3.8, 4) is 0 Å². The number of amides is 1. The van der Waals surface area contributed by atoms with Crippen LogP contribution in [0.5, 0.6) is 0 Å². The highest BCUT2D eigenvalue weighted by Gasteiger charge is 2.61. The standard InChI is InChI=1S/C22H35NO/c1-13(2)6-18-19(21(18,4)5)20(24)23-14(3)22-10-15-7-16(11-22)9-17(8-15)12-22/h6,14-19H,7-12H2,1-5H3,(H,23,24). The van der Waals surface area contributed by atoms with E-state index in [-0.39, 0.29) is 11.3 Å². The van der Waals surface area contributed by atoms with Crippen molar-refractivity contribution in [1.82, 2.24) is 5.32 Å². The van der Waals surface area contributed by atoms with E-state index in [0.717, 1.165) is 17.8 Å². The lowest BCUT2D eigenvalue weighted by molar-refractivity contribution is -0.127. The number of hydrogen-bond donors (Lipinski definition) is 1. The van der Waals surface area contributed by atoms with Crippen LogP contribution in [0.1, 0.15) is 73.1 Å². The molecule has 3 unspecified atom stereocenters. The smallest absolute Gasteiger partial charge is 0.224 e. The van der Waals surface area contributed by atoms with E-state index in [4.69, 9.17) is 0 Å². The topological polar surface area (TPSA) is 29.1 Å². The Balaban J connectivity index is 1.44. The van der Waals surface area contributed by atoms with E-state index in [1.54, 1.807) is 0 Å². The van der Waals surface area contributed by atoms with E-state index in [2.05, 4.69) is 46.0 Å². The lowest BCUT2D eigenvalue weighted by Crippen LogP contribution is -2.56. The third-order valence-corrected chi connectivity index (χ3v) is 8.07. The van der Waals surface area contributed by atoms with Crippen LogP contribution in [0.15, 0.2) is 11.6 Å². The third kappa shape index (κ3) is 2.56. The predicted molar refractivity (Wildman–Crippen MR) is 98.4 cm³/mol. The first-order chi connectivity index (χ1) is 11.2. The van der Waals surface area contributed by atoms with Crippen LogP contribution in [0.4, 0.5) is 0 Å². The molecule has 1 amide bonds. The van der Waals surface area contributed by atoms with Crippen LogP contribution in [-0.4, -0.2) is 11.9 Å². The molecule has 0 aromatic heterocycles.